The maximum atomic E-state index is 12.2. The van der Waals surface area contributed by atoms with Crippen molar-refractivity contribution in [2.24, 2.45) is 0 Å². The van der Waals surface area contributed by atoms with Crippen molar-refractivity contribution in [2.75, 3.05) is 6.61 Å². The van der Waals surface area contributed by atoms with E-state index in [0.717, 1.165) is 11.1 Å². The van der Waals surface area contributed by atoms with E-state index in [9.17, 15) is 13.2 Å². The molecular weight excluding hydrogens is 352 g/mol. The fraction of sp³-hybridized carbons (Fsp3) is 0.316. The predicted octanol–water partition coefficient (Wildman–Crippen LogP) is 2.21. The third kappa shape index (κ3) is 5.94. The lowest BCUT2D eigenvalue weighted by molar-refractivity contribution is -0.122. The molecule has 0 fully saturated rings. The number of carbonyl (C=O) groups is 1. The summed E-state index contributed by atoms with van der Waals surface area (Å²) in [5.74, 6) is -0.386. The van der Waals surface area contributed by atoms with Crippen molar-refractivity contribution in [3.63, 3.8) is 0 Å². The van der Waals surface area contributed by atoms with Crippen LogP contribution in [0.1, 0.15) is 25.0 Å². The van der Waals surface area contributed by atoms with Crippen LogP contribution < -0.4 is 10.0 Å². The summed E-state index contributed by atoms with van der Waals surface area (Å²) in [4.78, 5) is 12.3. The van der Waals surface area contributed by atoms with Crippen LogP contribution in [0, 0.1) is 0 Å². The van der Waals surface area contributed by atoms with Gasteiger partial charge in [0, 0.05) is 13.2 Å². The molecule has 2 rings (SSSR count). The van der Waals surface area contributed by atoms with Gasteiger partial charge in [-0.3, -0.25) is 4.79 Å². The number of nitrogens with one attached hydrogen (secondary N) is 2. The molecule has 0 saturated carbocycles. The molecule has 0 aromatic heterocycles. The molecule has 0 bridgehead atoms. The summed E-state index contributed by atoms with van der Waals surface area (Å²) in [5, 5.41) is 2.74. The van der Waals surface area contributed by atoms with Crippen LogP contribution in [0.3, 0.4) is 0 Å². The first-order valence-electron chi connectivity index (χ1n) is 8.43. The lowest BCUT2D eigenvalue weighted by atomic mass is 10.1. The van der Waals surface area contributed by atoms with Crippen molar-refractivity contribution in [1.82, 2.24) is 10.0 Å². The first-order valence-corrected chi connectivity index (χ1v) is 9.91. The van der Waals surface area contributed by atoms with E-state index in [1.165, 1.54) is 19.1 Å². The molecule has 2 N–H and O–H groups in total. The van der Waals surface area contributed by atoms with Gasteiger partial charge in [-0.15, -0.1) is 0 Å². The molecule has 26 heavy (non-hydrogen) atoms. The Balaban J connectivity index is 1.87. The zero-order valence-corrected chi connectivity index (χ0v) is 15.8. The molecule has 0 heterocycles. The Labute approximate surface area is 154 Å². The fourth-order valence-electron chi connectivity index (χ4n) is 2.27. The van der Waals surface area contributed by atoms with Crippen LogP contribution in [0.2, 0.25) is 0 Å². The van der Waals surface area contributed by atoms with Crippen molar-refractivity contribution in [2.45, 2.75) is 37.9 Å². The van der Waals surface area contributed by atoms with Crippen LogP contribution in [-0.2, 0) is 32.7 Å². The Kier molecular flexibility index (Phi) is 7.32. The van der Waals surface area contributed by atoms with Gasteiger partial charge in [0.15, 0.2) is 0 Å². The van der Waals surface area contributed by atoms with E-state index in [0.29, 0.717) is 19.8 Å². The number of amides is 1. The van der Waals surface area contributed by atoms with Gasteiger partial charge < -0.3 is 10.1 Å². The molecule has 2 aromatic carbocycles. The largest absolute Gasteiger partial charge is 0.377 e. The van der Waals surface area contributed by atoms with E-state index in [1.54, 1.807) is 18.2 Å². The molecule has 7 heteroatoms. The van der Waals surface area contributed by atoms with Gasteiger partial charge in [-0.05, 0) is 37.1 Å². The van der Waals surface area contributed by atoms with Gasteiger partial charge in [0.1, 0.15) is 0 Å². The molecule has 6 nitrogen and oxygen atoms in total. The summed E-state index contributed by atoms with van der Waals surface area (Å²) in [6.07, 6.45) is 0. The Morgan fingerprint density at radius 1 is 1.04 bits per heavy atom. The number of benzene rings is 2. The maximum absolute atomic E-state index is 12.2. The smallest absolute Gasteiger partial charge is 0.241 e. The standard InChI is InChI=1S/C19H24N2O4S/c1-3-25-14-17-11-9-16(10-12-17)13-20-19(22)15(2)21-26(23,24)18-7-5-4-6-8-18/h4-12,15,21H,3,13-14H2,1-2H3,(H,20,22)/t15-/m0/s1. The Morgan fingerprint density at radius 2 is 1.65 bits per heavy atom. The fourth-order valence-corrected chi connectivity index (χ4v) is 3.49. The van der Waals surface area contributed by atoms with E-state index in [1.807, 2.05) is 31.2 Å². The van der Waals surface area contributed by atoms with Crippen molar-refractivity contribution in [3.8, 4) is 0 Å². The van der Waals surface area contributed by atoms with Gasteiger partial charge in [0.05, 0.1) is 17.5 Å². The minimum absolute atomic E-state index is 0.129. The SMILES string of the molecule is CCOCc1ccc(CNC(=O)[C@H](C)NS(=O)(=O)c2ccccc2)cc1. The summed E-state index contributed by atoms with van der Waals surface area (Å²) in [5.41, 5.74) is 1.99. The van der Waals surface area contributed by atoms with Gasteiger partial charge in [-0.25, -0.2) is 8.42 Å². The molecule has 0 unspecified atom stereocenters. The second-order valence-electron chi connectivity index (χ2n) is 5.83. The number of hydrogen-bond donors (Lipinski definition) is 2. The zero-order valence-electron chi connectivity index (χ0n) is 14.9. The molecule has 0 aliphatic carbocycles. The van der Waals surface area contributed by atoms with Crippen LogP contribution in [0.25, 0.3) is 0 Å². The molecule has 0 aliphatic heterocycles. The highest BCUT2D eigenvalue weighted by atomic mass is 32.2. The van der Waals surface area contributed by atoms with Crippen molar-refractivity contribution >= 4 is 15.9 Å². The Hall–Kier alpha value is -2.22. The lowest BCUT2D eigenvalue weighted by Crippen LogP contribution is -2.44. The molecular formula is C19H24N2O4S. The molecule has 140 valence electrons. The van der Waals surface area contributed by atoms with E-state index in [2.05, 4.69) is 10.0 Å². The number of sulfonamides is 1. The van der Waals surface area contributed by atoms with Crippen molar-refractivity contribution in [1.29, 1.82) is 0 Å². The lowest BCUT2D eigenvalue weighted by Gasteiger charge is -2.14. The Bertz CT molecular complexity index is 805. The highest BCUT2D eigenvalue weighted by Gasteiger charge is 2.21. The summed E-state index contributed by atoms with van der Waals surface area (Å²) < 4.78 is 32.2. The van der Waals surface area contributed by atoms with E-state index in [4.69, 9.17) is 4.74 Å². The van der Waals surface area contributed by atoms with Crippen LogP contribution in [-0.4, -0.2) is 27.0 Å². The molecule has 0 saturated heterocycles. The topological polar surface area (TPSA) is 84.5 Å². The van der Waals surface area contributed by atoms with E-state index in [-0.39, 0.29) is 10.8 Å². The number of carbonyl (C=O) groups excluding carboxylic acids is 1. The average Bonchev–Trinajstić information content (AvgIpc) is 2.65. The van der Waals surface area contributed by atoms with Crippen LogP contribution in [0.15, 0.2) is 59.5 Å². The van der Waals surface area contributed by atoms with Crippen LogP contribution in [0.5, 0.6) is 0 Å². The van der Waals surface area contributed by atoms with Gasteiger partial charge in [-0.2, -0.15) is 4.72 Å². The molecule has 0 aliphatic rings. The molecule has 2 aromatic rings. The minimum Gasteiger partial charge on any atom is -0.377 e. The summed E-state index contributed by atoms with van der Waals surface area (Å²) >= 11 is 0. The quantitative estimate of drug-likeness (QED) is 0.703. The van der Waals surface area contributed by atoms with E-state index < -0.39 is 16.1 Å². The predicted molar refractivity (Wildman–Crippen MR) is 99.8 cm³/mol. The van der Waals surface area contributed by atoms with E-state index >= 15 is 0 Å². The minimum atomic E-state index is -3.73. The van der Waals surface area contributed by atoms with Gasteiger partial charge in [0.2, 0.25) is 15.9 Å². The second kappa shape index (κ2) is 9.47. The summed E-state index contributed by atoms with van der Waals surface area (Å²) in [6.45, 7) is 5.00. The number of ether oxygens (including phenoxy) is 1. The number of hydrogen-bond acceptors (Lipinski definition) is 4. The Morgan fingerprint density at radius 3 is 2.27 bits per heavy atom. The maximum Gasteiger partial charge on any atom is 0.241 e. The first-order chi connectivity index (χ1) is 12.4. The van der Waals surface area contributed by atoms with Gasteiger partial charge in [-0.1, -0.05) is 42.5 Å². The number of rotatable bonds is 9. The van der Waals surface area contributed by atoms with Crippen molar-refractivity contribution in [3.05, 3.63) is 65.7 Å². The second-order valence-corrected chi connectivity index (χ2v) is 7.54. The molecule has 1 amide bonds. The van der Waals surface area contributed by atoms with Crippen LogP contribution >= 0.6 is 0 Å². The van der Waals surface area contributed by atoms with Crippen LogP contribution in [0.4, 0.5) is 0 Å². The average molecular weight is 376 g/mol. The van der Waals surface area contributed by atoms with Gasteiger partial charge >= 0.3 is 0 Å². The zero-order chi connectivity index (χ0) is 19.0. The van der Waals surface area contributed by atoms with Crippen molar-refractivity contribution < 1.29 is 17.9 Å². The monoisotopic (exact) mass is 376 g/mol. The highest BCUT2D eigenvalue weighted by Crippen LogP contribution is 2.09. The summed E-state index contributed by atoms with van der Waals surface area (Å²) in [6, 6.07) is 14.8. The summed E-state index contributed by atoms with van der Waals surface area (Å²) in [7, 11) is -3.73. The molecule has 1 atom stereocenters. The third-order valence-electron chi connectivity index (χ3n) is 3.74. The normalized spacial score (nSPS) is 12.5. The highest BCUT2D eigenvalue weighted by molar-refractivity contribution is 7.89. The third-order valence-corrected chi connectivity index (χ3v) is 5.30. The van der Waals surface area contributed by atoms with Gasteiger partial charge in [0.25, 0.3) is 0 Å². The first kappa shape index (κ1) is 20.1. The molecule has 0 radical (unpaired) electrons. The molecule has 0 spiro atoms.